The van der Waals surface area contributed by atoms with Crippen molar-refractivity contribution in [3.05, 3.63) is 0 Å². The van der Waals surface area contributed by atoms with Crippen molar-refractivity contribution in [2.24, 2.45) is 5.92 Å². The van der Waals surface area contributed by atoms with Crippen LogP contribution < -0.4 is 0 Å². The van der Waals surface area contributed by atoms with Gasteiger partial charge in [-0.1, -0.05) is 0 Å². The second kappa shape index (κ2) is 6.50. The molecule has 0 aromatic carbocycles. The Bertz CT molecular complexity index is 277. The number of likely N-dealkylation sites (tertiary alicyclic amines) is 1. The molecule has 0 aromatic heterocycles. The van der Waals surface area contributed by atoms with Crippen molar-refractivity contribution >= 4 is 5.91 Å². The van der Waals surface area contributed by atoms with Crippen molar-refractivity contribution in [2.45, 2.75) is 12.8 Å². The number of carbonyl (C=O) groups excluding carboxylic acids is 1. The molecule has 0 aliphatic carbocycles. The zero-order valence-corrected chi connectivity index (χ0v) is 11.3. The van der Waals surface area contributed by atoms with E-state index in [0.717, 1.165) is 52.1 Å². The van der Waals surface area contributed by atoms with Crippen molar-refractivity contribution in [1.82, 2.24) is 14.7 Å². The van der Waals surface area contributed by atoms with Gasteiger partial charge in [-0.3, -0.25) is 9.69 Å². The first-order chi connectivity index (χ1) is 8.69. The van der Waals surface area contributed by atoms with Crippen molar-refractivity contribution < 1.29 is 9.90 Å². The summed E-state index contributed by atoms with van der Waals surface area (Å²) in [6.45, 7) is 6.31. The Labute approximate surface area is 109 Å². The van der Waals surface area contributed by atoms with Crippen LogP contribution in [-0.2, 0) is 4.79 Å². The molecule has 2 saturated heterocycles. The van der Waals surface area contributed by atoms with Crippen LogP contribution in [0.4, 0.5) is 0 Å². The highest BCUT2D eigenvalue weighted by molar-refractivity contribution is 5.78. The zero-order valence-electron chi connectivity index (χ0n) is 11.3. The van der Waals surface area contributed by atoms with Gasteiger partial charge in [0.2, 0.25) is 5.91 Å². The van der Waals surface area contributed by atoms with Gasteiger partial charge in [0, 0.05) is 39.3 Å². The minimum absolute atomic E-state index is 0.249. The summed E-state index contributed by atoms with van der Waals surface area (Å²) in [5, 5.41) is 9.19. The smallest absolute Gasteiger partial charge is 0.236 e. The number of piperazine rings is 1. The van der Waals surface area contributed by atoms with E-state index in [1.807, 2.05) is 4.90 Å². The van der Waals surface area contributed by atoms with Gasteiger partial charge in [0.05, 0.1) is 6.54 Å². The molecule has 5 nitrogen and oxygen atoms in total. The van der Waals surface area contributed by atoms with Crippen LogP contribution >= 0.6 is 0 Å². The number of aliphatic hydroxyl groups excluding tert-OH is 1. The van der Waals surface area contributed by atoms with E-state index in [2.05, 4.69) is 16.8 Å². The number of amides is 1. The lowest BCUT2D eigenvalue weighted by atomic mass is 9.99. The summed E-state index contributed by atoms with van der Waals surface area (Å²) in [6, 6.07) is 0. The van der Waals surface area contributed by atoms with Gasteiger partial charge in [-0.25, -0.2) is 0 Å². The second-order valence-corrected chi connectivity index (χ2v) is 5.61. The molecule has 2 fully saturated rings. The molecular weight excluding hydrogens is 230 g/mol. The average Bonchev–Trinajstić information content (AvgIpc) is 2.39. The highest BCUT2D eigenvalue weighted by atomic mass is 16.3. The minimum Gasteiger partial charge on any atom is -0.396 e. The minimum atomic E-state index is 0.249. The largest absolute Gasteiger partial charge is 0.396 e. The molecule has 1 unspecified atom stereocenters. The van der Waals surface area contributed by atoms with E-state index < -0.39 is 0 Å². The molecule has 104 valence electrons. The maximum absolute atomic E-state index is 12.2. The second-order valence-electron chi connectivity index (χ2n) is 5.61. The summed E-state index contributed by atoms with van der Waals surface area (Å²) in [5.41, 5.74) is 0. The molecule has 1 amide bonds. The monoisotopic (exact) mass is 255 g/mol. The first-order valence-corrected chi connectivity index (χ1v) is 6.98. The number of aliphatic hydroxyl groups is 1. The fourth-order valence-electron chi connectivity index (χ4n) is 2.79. The third-order valence-electron chi connectivity index (χ3n) is 4.08. The maximum Gasteiger partial charge on any atom is 0.236 e. The predicted molar refractivity (Wildman–Crippen MR) is 70.3 cm³/mol. The lowest BCUT2D eigenvalue weighted by Gasteiger charge is -2.36. The fraction of sp³-hybridized carbons (Fsp3) is 0.923. The van der Waals surface area contributed by atoms with Crippen LogP contribution in [0.15, 0.2) is 0 Å². The molecule has 0 saturated carbocycles. The van der Waals surface area contributed by atoms with Gasteiger partial charge in [-0.15, -0.1) is 0 Å². The molecule has 0 bridgehead atoms. The number of nitrogens with zero attached hydrogens (tertiary/aromatic N) is 3. The summed E-state index contributed by atoms with van der Waals surface area (Å²) in [5.74, 6) is 0.612. The van der Waals surface area contributed by atoms with Gasteiger partial charge in [-0.05, 0) is 32.4 Å². The maximum atomic E-state index is 12.2. The van der Waals surface area contributed by atoms with Crippen molar-refractivity contribution in [3.8, 4) is 0 Å². The van der Waals surface area contributed by atoms with Crippen LogP contribution in [-0.4, -0.2) is 85.2 Å². The number of likely N-dealkylation sites (N-methyl/N-ethyl adjacent to an activating group) is 1. The molecule has 0 spiro atoms. The standard InChI is InChI=1S/C13H25N3O2/c1-14-5-7-16(8-6-14)13(18)10-15-4-2-3-12(9-15)11-17/h12,17H,2-11H2,1H3. The van der Waals surface area contributed by atoms with E-state index in [1.165, 1.54) is 0 Å². The highest BCUT2D eigenvalue weighted by Gasteiger charge is 2.24. The quantitative estimate of drug-likeness (QED) is 0.736. The van der Waals surface area contributed by atoms with Gasteiger partial charge < -0.3 is 14.9 Å². The number of hydrogen-bond acceptors (Lipinski definition) is 4. The van der Waals surface area contributed by atoms with Crippen LogP contribution in [0.5, 0.6) is 0 Å². The highest BCUT2D eigenvalue weighted by Crippen LogP contribution is 2.15. The van der Waals surface area contributed by atoms with Crippen LogP contribution in [0.2, 0.25) is 0 Å². The summed E-state index contributed by atoms with van der Waals surface area (Å²) in [4.78, 5) is 18.6. The first-order valence-electron chi connectivity index (χ1n) is 6.98. The lowest BCUT2D eigenvalue weighted by Crippen LogP contribution is -2.51. The van der Waals surface area contributed by atoms with Crippen LogP contribution in [0.1, 0.15) is 12.8 Å². The third-order valence-corrected chi connectivity index (χ3v) is 4.08. The van der Waals surface area contributed by atoms with E-state index in [4.69, 9.17) is 0 Å². The molecule has 5 heteroatoms. The molecule has 0 radical (unpaired) electrons. The summed E-state index contributed by atoms with van der Waals surface area (Å²) >= 11 is 0. The summed E-state index contributed by atoms with van der Waals surface area (Å²) < 4.78 is 0. The van der Waals surface area contributed by atoms with Crippen molar-refractivity contribution in [3.63, 3.8) is 0 Å². The van der Waals surface area contributed by atoms with E-state index >= 15 is 0 Å². The molecule has 18 heavy (non-hydrogen) atoms. The van der Waals surface area contributed by atoms with Gasteiger partial charge in [0.15, 0.2) is 0 Å². The number of rotatable bonds is 3. The third kappa shape index (κ3) is 3.67. The molecule has 2 aliphatic rings. The Hall–Kier alpha value is -0.650. The van der Waals surface area contributed by atoms with E-state index in [1.54, 1.807) is 0 Å². The van der Waals surface area contributed by atoms with E-state index in [9.17, 15) is 9.90 Å². The number of carbonyl (C=O) groups is 1. The van der Waals surface area contributed by atoms with Gasteiger partial charge >= 0.3 is 0 Å². The Balaban J connectivity index is 1.76. The van der Waals surface area contributed by atoms with E-state index in [-0.39, 0.29) is 12.5 Å². The van der Waals surface area contributed by atoms with Crippen molar-refractivity contribution in [2.75, 3.05) is 59.5 Å². The molecule has 1 atom stereocenters. The van der Waals surface area contributed by atoms with Crippen LogP contribution in [0, 0.1) is 5.92 Å². The summed E-state index contributed by atoms with van der Waals surface area (Å²) in [6.07, 6.45) is 2.19. The van der Waals surface area contributed by atoms with Gasteiger partial charge in [0.1, 0.15) is 0 Å². The van der Waals surface area contributed by atoms with Gasteiger partial charge in [-0.2, -0.15) is 0 Å². The molecular formula is C13H25N3O2. The Morgan fingerprint density at radius 1 is 1.22 bits per heavy atom. The molecule has 1 N–H and O–H groups in total. The van der Waals surface area contributed by atoms with E-state index in [0.29, 0.717) is 12.5 Å². The average molecular weight is 255 g/mol. The number of piperidine rings is 1. The number of hydrogen-bond donors (Lipinski definition) is 1. The van der Waals surface area contributed by atoms with Crippen LogP contribution in [0.3, 0.4) is 0 Å². The topological polar surface area (TPSA) is 47.0 Å². The predicted octanol–water partition coefficient (Wildman–Crippen LogP) is -0.535. The molecule has 2 aliphatic heterocycles. The molecule has 2 rings (SSSR count). The van der Waals surface area contributed by atoms with Crippen LogP contribution in [0.25, 0.3) is 0 Å². The van der Waals surface area contributed by atoms with Gasteiger partial charge in [0.25, 0.3) is 0 Å². The SMILES string of the molecule is CN1CCN(C(=O)CN2CCCC(CO)C2)CC1. The van der Waals surface area contributed by atoms with Crippen molar-refractivity contribution in [1.29, 1.82) is 0 Å². The first kappa shape index (κ1) is 13.8. The molecule has 0 aromatic rings. The molecule has 2 heterocycles. The fourth-order valence-corrected chi connectivity index (χ4v) is 2.79. The Morgan fingerprint density at radius 2 is 1.94 bits per heavy atom. The summed E-state index contributed by atoms with van der Waals surface area (Å²) in [7, 11) is 2.10. The lowest BCUT2D eigenvalue weighted by molar-refractivity contribution is -0.134. The Kier molecular flexibility index (Phi) is 4.97. The Morgan fingerprint density at radius 3 is 2.61 bits per heavy atom. The zero-order chi connectivity index (χ0) is 13.0. The normalized spacial score (nSPS) is 27.4.